The highest BCUT2D eigenvalue weighted by Gasteiger charge is 2.41. The van der Waals surface area contributed by atoms with Crippen LogP contribution in [-0.2, 0) is 0 Å². The summed E-state index contributed by atoms with van der Waals surface area (Å²) in [6.07, 6.45) is 4.56. The molecule has 0 amide bonds. The molecule has 1 saturated heterocycles. The van der Waals surface area contributed by atoms with Crippen LogP contribution in [0.2, 0.25) is 0 Å². The molecule has 0 aromatic heterocycles. The minimum Gasteiger partial charge on any atom is -0.393 e. The van der Waals surface area contributed by atoms with Crippen LogP contribution in [0.25, 0.3) is 0 Å². The number of hydrogen-bond donors (Lipinski definition) is 2. The number of nitrogens with zero attached hydrogens (tertiary/aromatic N) is 1. The number of likely N-dealkylation sites (tertiary alicyclic amines) is 1. The molecular formula is C15H30N2O. The molecule has 0 radical (unpaired) electrons. The van der Waals surface area contributed by atoms with Crippen LogP contribution in [0.1, 0.15) is 46.5 Å². The van der Waals surface area contributed by atoms with Gasteiger partial charge in [0, 0.05) is 25.7 Å². The third-order valence-electron chi connectivity index (χ3n) is 4.95. The van der Waals surface area contributed by atoms with Crippen LogP contribution in [-0.4, -0.2) is 48.3 Å². The van der Waals surface area contributed by atoms with Crippen molar-refractivity contribution in [3.63, 3.8) is 0 Å². The minimum atomic E-state index is -0.0502. The normalized spacial score (nSPS) is 34.0. The number of nitrogens with one attached hydrogen (secondary N) is 1. The monoisotopic (exact) mass is 254 g/mol. The summed E-state index contributed by atoms with van der Waals surface area (Å²) >= 11 is 0. The van der Waals surface area contributed by atoms with Crippen molar-refractivity contribution in [1.82, 2.24) is 10.2 Å². The molecule has 18 heavy (non-hydrogen) atoms. The van der Waals surface area contributed by atoms with Gasteiger partial charge >= 0.3 is 0 Å². The Labute approximate surface area is 112 Å². The maximum atomic E-state index is 9.57. The molecule has 2 N–H and O–H groups in total. The van der Waals surface area contributed by atoms with Crippen LogP contribution in [0.15, 0.2) is 0 Å². The van der Waals surface area contributed by atoms with E-state index in [-0.39, 0.29) is 6.10 Å². The Hall–Kier alpha value is -0.120. The van der Waals surface area contributed by atoms with Crippen LogP contribution < -0.4 is 5.32 Å². The number of rotatable bonds is 4. The van der Waals surface area contributed by atoms with Gasteiger partial charge in [-0.25, -0.2) is 0 Å². The van der Waals surface area contributed by atoms with Crippen molar-refractivity contribution in [3.8, 4) is 0 Å². The highest BCUT2D eigenvalue weighted by atomic mass is 16.3. The maximum Gasteiger partial charge on any atom is 0.0564 e. The largest absolute Gasteiger partial charge is 0.393 e. The molecule has 1 aliphatic carbocycles. The van der Waals surface area contributed by atoms with Gasteiger partial charge in [-0.1, -0.05) is 20.8 Å². The number of aliphatic hydroxyl groups is 1. The van der Waals surface area contributed by atoms with Crippen molar-refractivity contribution in [2.24, 2.45) is 11.3 Å². The lowest BCUT2D eigenvalue weighted by Crippen LogP contribution is -2.47. The molecule has 3 nitrogen and oxygen atoms in total. The van der Waals surface area contributed by atoms with Crippen molar-refractivity contribution >= 4 is 0 Å². The van der Waals surface area contributed by atoms with E-state index in [4.69, 9.17) is 0 Å². The molecule has 0 aromatic rings. The van der Waals surface area contributed by atoms with Gasteiger partial charge in [0.1, 0.15) is 0 Å². The molecule has 0 aromatic carbocycles. The van der Waals surface area contributed by atoms with Gasteiger partial charge in [-0.05, 0) is 43.6 Å². The smallest absolute Gasteiger partial charge is 0.0564 e. The van der Waals surface area contributed by atoms with Crippen LogP contribution in [0, 0.1) is 11.3 Å². The van der Waals surface area contributed by atoms with Gasteiger partial charge in [0.15, 0.2) is 0 Å². The Bertz CT molecular complexity index is 259. The van der Waals surface area contributed by atoms with Crippen molar-refractivity contribution in [3.05, 3.63) is 0 Å². The number of piperidine rings is 1. The van der Waals surface area contributed by atoms with Gasteiger partial charge in [-0.2, -0.15) is 0 Å². The van der Waals surface area contributed by atoms with E-state index >= 15 is 0 Å². The molecule has 2 rings (SSSR count). The Morgan fingerprint density at radius 2 is 1.89 bits per heavy atom. The molecule has 1 heterocycles. The molecule has 2 atom stereocenters. The first-order valence-electron chi connectivity index (χ1n) is 7.66. The second-order valence-corrected chi connectivity index (χ2v) is 6.85. The Morgan fingerprint density at radius 1 is 1.22 bits per heavy atom. The summed E-state index contributed by atoms with van der Waals surface area (Å²) in [6, 6.07) is 0.661. The zero-order valence-corrected chi connectivity index (χ0v) is 12.3. The van der Waals surface area contributed by atoms with Gasteiger partial charge in [0.05, 0.1) is 6.10 Å². The SMILES string of the molecule is CCNC1C(CN2CCC(O)CC2)CCC1(C)C. The van der Waals surface area contributed by atoms with Gasteiger partial charge < -0.3 is 15.3 Å². The van der Waals surface area contributed by atoms with Gasteiger partial charge in [-0.3, -0.25) is 0 Å². The van der Waals surface area contributed by atoms with E-state index in [1.54, 1.807) is 0 Å². The van der Waals surface area contributed by atoms with Crippen LogP contribution in [0.4, 0.5) is 0 Å². The molecule has 0 bridgehead atoms. The zero-order chi connectivity index (χ0) is 13.2. The van der Waals surface area contributed by atoms with Crippen LogP contribution in [0.5, 0.6) is 0 Å². The van der Waals surface area contributed by atoms with E-state index in [1.807, 2.05) is 0 Å². The predicted molar refractivity (Wildman–Crippen MR) is 75.7 cm³/mol. The van der Waals surface area contributed by atoms with Gasteiger partial charge in [0.25, 0.3) is 0 Å². The average Bonchev–Trinajstić information content (AvgIpc) is 2.60. The lowest BCUT2D eigenvalue weighted by Gasteiger charge is -2.36. The Kier molecular flexibility index (Phi) is 4.68. The number of hydrogen-bond acceptors (Lipinski definition) is 3. The molecule has 1 saturated carbocycles. The first kappa shape index (κ1) is 14.3. The van der Waals surface area contributed by atoms with E-state index in [1.165, 1.54) is 19.4 Å². The highest BCUT2D eigenvalue weighted by Crippen LogP contribution is 2.41. The quantitative estimate of drug-likeness (QED) is 0.804. The fourth-order valence-corrected chi connectivity index (χ4v) is 3.81. The molecular weight excluding hydrogens is 224 g/mol. The fourth-order valence-electron chi connectivity index (χ4n) is 3.81. The Balaban J connectivity index is 1.88. The maximum absolute atomic E-state index is 9.57. The van der Waals surface area contributed by atoms with E-state index < -0.39 is 0 Å². The lowest BCUT2D eigenvalue weighted by atomic mass is 9.84. The summed E-state index contributed by atoms with van der Waals surface area (Å²) in [4.78, 5) is 2.56. The predicted octanol–water partition coefficient (Wildman–Crippen LogP) is 1.86. The van der Waals surface area contributed by atoms with E-state index in [0.29, 0.717) is 11.5 Å². The first-order valence-corrected chi connectivity index (χ1v) is 7.66. The van der Waals surface area contributed by atoms with Crippen LogP contribution >= 0.6 is 0 Å². The molecule has 3 heteroatoms. The van der Waals surface area contributed by atoms with Gasteiger partial charge in [0.2, 0.25) is 0 Å². The zero-order valence-electron chi connectivity index (χ0n) is 12.3. The summed E-state index contributed by atoms with van der Waals surface area (Å²) in [5.41, 5.74) is 0.440. The summed E-state index contributed by atoms with van der Waals surface area (Å²) in [5, 5.41) is 13.3. The molecule has 1 aliphatic heterocycles. The third kappa shape index (κ3) is 3.25. The Morgan fingerprint density at radius 3 is 2.50 bits per heavy atom. The van der Waals surface area contributed by atoms with E-state index in [0.717, 1.165) is 38.4 Å². The van der Waals surface area contributed by atoms with Crippen molar-refractivity contribution in [2.45, 2.75) is 58.6 Å². The average molecular weight is 254 g/mol. The van der Waals surface area contributed by atoms with E-state index in [9.17, 15) is 5.11 Å². The topological polar surface area (TPSA) is 35.5 Å². The van der Waals surface area contributed by atoms with Crippen molar-refractivity contribution in [1.29, 1.82) is 0 Å². The van der Waals surface area contributed by atoms with Crippen molar-refractivity contribution < 1.29 is 5.11 Å². The van der Waals surface area contributed by atoms with Crippen LogP contribution in [0.3, 0.4) is 0 Å². The number of aliphatic hydroxyl groups excluding tert-OH is 1. The molecule has 2 unspecified atom stereocenters. The summed E-state index contributed by atoms with van der Waals surface area (Å²) in [7, 11) is 0. The second kappa shape index (κ2) is 5.89. The molecule has 0 spiro atoms. The second-order valence-electron chi connectivity index (χ2n) is 6.85. The molecule has 2 fully saturated rings. The minimum absolute atomic E-state index is 0.0502. The summed E-state index contributed by atoms with van der Waals surface area (Å²) in [6.45, 7) is 11.5. The standard InChI is InChI=1S/C15H30N2O/c1-4-16-14-12(5-8-15(14,2)3)11-17-9-6-13(18)7-10-17/h12-14,16,18H,4-11H2,1-3H3. The lowest BCUT2D eigenvalue weighted by molar-refractivity contribution is 0.0704. The fraction of sp³-hybridized carbons (Fsp3) is 1.00. The summed E-state index contributed by atoms with van der Waals surface area (Å²) < 4.78 is 0. The van der Waals surface area contributed by atoms with Gasteiger partial charge in [-0.15, -0.1) is 0 Å². The molecule has 2 aliphatic rings. The third-order valence-corrected chi connectivity index (χ3v) is 4.95. The molecule has 106 valence electrons. The summed E-state index contributed by atoms with van der Waals surface area (Å²) in [5.74, 6) is 0.787. The first-order chi connectivity index (χ1) is 8.53. The van der Waals surface area contributed by atoms with Crippen molar-refractivity contribution in [2.75, 3.05) is 26.2 Å². The highest BCUT2D eigenvalue weighted by molar-refractivity contribution is 4.97. The van der Waals surface area contributed by atoms with E-state index in [2.05, 4.69) is 31.0 Å².